The number of carbonyl (C=O) groups is 1. The summed E-state index contributed by atoms with van der Waals surface area (Å²) in [5, 5.41) is 2.68. The predicted molar refractivity (Wildman–Crippen MR) is 53.6 cm³/mol. The number of carbonyl (C=O) groups excluding carboxylic acids is 1. The lowest BCUT2D eigenvalue weighted by Crippen LogP contribution is -2.24. The second-order valence-electron chi connectivity index (χ2n) is 3.00. The van der Waals surface area contributed by atoms with E-state index in [2.05, 4.69) is 5.32 Å². The van der Waals surface area contributed by atoms with E-state index >= 15 is 0 Å². The zero-order valence-electron chi connectivity index (χ0n) is 8.93. The smallest absolute Gasteiger partial charge is 0.216 e. The van der Waals surface area contributed by atoms with E-state index in [1.807, 2.05) is 13.8 Å². The molecule has 1 aliphatic rings. The molecule has 0 spiro atoms. The summed E-state index contributed by atoms with van der Waals surface area (Å²) < 4.78 is 5.29. The van der Waals surface area contributed by atoms with Crippen LogP contribution in [0.2, 0.25) is 0 Å². The zero-order valence-corrected chi connectivity index (χ0v) is 8.93. The van der Waals surface area contributed by atoms with E-state index in [4.69, 9.17) is 4.74 Å². The van der Waals surface area contributed by atoms with Crippen molar-refractivity contribution in [3.05, 3.63) is 0 Å². The van der Waals surface area contributed by atoms with Gasteiger partial charge in [-0.1, -0.05) is 13.8 Å². The molecule has 0 aliphatic heterocycles. The fourth-order valence-electron chi connectivity index (χ4n) is 0.834. The van der Waals surface area contributed by atoms with Crippen molar-refractivity contribution in [2.75, 3.05) is 19.8 Å². The largest absolute Gasteiger partial charge is 0.379 e. The molecular weight excluding hydrogens is 166 g/mol. The van der Waals surface area contributed by atoms with Crippen LogP contribution >= 0.6 is 0 Å². The Hall–Kier alpha value is -0.570. The molecule has 0 aromatic carbocycles. The van der Waals surface area contributed by atoms with Gasteiger partial charge in [-0.15, -0.1) is 0 Å². The van der Waals surface area contributed by atoms with Crippen LogP contribution in [0.4, 0.5) is 0 Å². The molecule has 0 bridgehead atoms. The quantitative estimate of drug-likeness (QED) is 0.663. The molecule has 1 saturated carbocycles. The lowest BCUT2D eigenvalue weighted by Gasteiger charge is -2.02. The van der Waals surface area contributed by atoms with Crippen molar-refractivity contribution in [3.63, 3.8) is 0 Å². The standard InChI is InChI=1S/C8H15NO2.C2H6/c1-7(10)9-4-5-11-6-8-2-3-8;1-2/h8H,2-6H2,1H3,(H,9,10);1-2H3. The topological polar surface area (TPSA) is 38.3 Å². The van der Waals surface area contributed by atoms with Crippen molar-refractivity contribution in [2.24, 2.45) is 5.92 Å². The molecule has 0 heterocycles. The van der Waals surface area contributed by atoms with Crippen molar-refractivity contribution in [1.29, 1.82) is 0 Å². The third-order valence-corrected chi connectivity index (χ3v) is 1.67. The molecule has 0 saturated heterocycles. The van der Waals surface area contributed by atoms with E-state index in [0.717, 1.165) is 12.5 Å². The van der Waals surface area contributed by atoms with Gasteiger partial charge < -0.3 is 10.1 Å². The first kappa shape index (κ1) is 12.4. The maximum Gasteiger partial charge on any atom is 0.216 e. The normalized spacial score (nSPS) is 14.4. The van der Waals surface area contributed by atoms with Gasteiger partial charge in [0.05, 0.1) is 6.61 Å². The van der Waals surface area contributed by atoms with Crippen molar-refractivity contribution in [3.8, 4) is 0 Å². The molecule has 1 aliphatic carbocycles. The van der Waals surface area contributed by atoms with Crippen molar-refractivity contribution >= 4 is 5.91 Å². The van der Waals surface area contributed by atoms with E-state index in [1.165, 1.54) is 19.8 Å². The van der Waals surface area contributed by atoms with Crippen LogP contribution in [-0.2, 0) is 9.53 Å². The Bertz CT molecular complexity index is 133. The summed E-state index contributed by atoms with van der Waals surface area (Å²) in [7, 11) is 0. The molecule has 1 fully saturated rings. The van der Waals surface area contributed by atoms with Gasteiger partial charge >= 0.3 is 0 Å². The molecule has 0 atom stereocenters. The van der Waals surface area contributed by atoms with Crippen LogP contribution < -0.4 is 5.32 Å². The van der Waals surface area contributed by atoms with Gasteiger partial charge in [-0.3, -0.25) is 4.79 Å². The van der Waals surface area contributed by atoms with Gasteiger partial charge in [0, 0.05) is 20.1 Å². The highest BCUT2D eigenvalue weighted by Gasteiger charge is 2.20. The predicted octanol–water partition coefficient (Wildman–Crippen LogP) is 1.58. The molecule has 78 valence electrons. The second kappa shape index (κ2) is 8.05. The molecule has 1 rings (SSSR count). The number of nitrogens with one attached hydrogen (secondary N) is 1. The maximum absolute atomic E-state index is 10.4. The Balaban J connectivity index is 0.000000671. The highest BCUT2D eigenvalue weighted by atomic mass is 16.5. The summed E-state index contributed by atoms with van der Waals surface area (Å²) in [4.78, 5) is 10.4. The molecule has 13 heavy (non-hydrogen) atoms. The van der Waals surface area contributed by atoms with E-state index in [0.29, 0.717) is 13.2 Å². The van der Waals surface area contributed by atoms with Crippen molar-refractivity contribution < 1.29 is 9.53 Å². The Morgan fingerprint density at radius 1 is 1.46 bits per heavy atom. The first-order valence-electron chi connectivity index (χ1n) is 5.11. The summed E-state index contributed by atoms with van der Waals surface area (Å²) in [6, 6.07) is 0. The summed E-state index contributed by atoms with van der Waals surface area (Å²) in [6.07, 6.45) is 2.64. The molecule has 0 unspecified atom stereocenters. The van der Waals surface area contributed by atoms with Gasteiger partial charge in [-0.05, 0) is 18.8 Å². The van der Waals surface area contributed by atoms with E-state index in [1.54, 1.807) is 0 Å². The molecule has 0 aromatic rings. The number of hydrogen-bond acceptors (Lipinski definition) is 2. The first-order chi connectivity index (χ1) is 6.29. The van der Waals surface area contributed by atoms with Crippen LogP contribution in [0.25, 0.3) is 0 Å². The van der Waals surface area contributed by atoms with Gasteiger partial charge in [-0.25, -0.2) is 0 Å². The minimum Gasteiger partial charge on any atom is -0.379 e. The molecule has 0 radical (unpaired) electrons. The Kier molecular flexibility index (Phi) is 7.69. The lowest BCUT2D eigenvalue weighted by molar-refractivity contribution is -0.119. The Morgan fingerprint density at radius 2 is 2.08 bits per heavy atom. The molecule has 3 nitrogen and oxygen atoms in total. The Morgan fingerprint density at radius 3 is 2.54 bits per heavy atom. The van der Waals surface area contributed by atoms with Crippen molar-refractivity contribution in [2.45, 2.75) is 33.6 Å². The Labute approximate surface area is 80.8 Å². The van der Waals surface area contributed by atoms with Crippen LogP contribution in [0.5, 0.6) is 0 Å². The molecular formula is C10H21NO2. The van der Waals surface area contributed by atoms with Gasteiger partial charge in [0.1, 0.15) is 0 Å². The van der Waals surface area contributed by atoms with Crippen LogP contribution in [0.3, 0.4) is 0 Å². The summed E-state index contributed by atoms with van der Waals surface area (Å²) in [6.45, 7) is 7.68. The van der Waals surface area contributed by atoms with E-state index in [9.17, 15) is 4.79 Å². The monoisotopic (exact) mass is 187 g/mol. The zero-order chi connectivity index (χ0) is 10.1. The summed E-state index contributed by atoms with van der Waals surface area (Å²) >= 11 is 0. The average Bonchev–Trinajstić information content (AvgIpc) is 2.91. The van der Waals surface area contributed by atoms with Gasteiger partial charge in [0.2, 0.25) is 5.91 Å². The summed E-state index contributed by atoms with van der Waals surface area (Å²) in [5.74, 6) is 0.826. The average molecular weight is 187 g/mol. The van der Waals surface area contributed by atoms with Crippen LogP contribution in [0.15, 0.2) is 0 Å². The molecule has 3 heteroatoms. The van der Waals surface area contributed by atoms with Gasteiger partial charge in [0.25, 0.3) is 0 Å². The van der Waals surface area contributed by atoms with Crippen LogP contribution in [-0.4, -0.2) is 25.7 Å². The molecule has 1 N–H and O–H groups in total. The third kappa shape index (κ3) is 9.34. The van der Waals surface area contributed by atoms with Crippen LogP contribution in [0, 0.1) is 5.92 Å². The van der Waals surface area contributed by atoms with Crippen molar-refractivity contribution in [1.82, 2.24) is 5.32 Å². The molecule has 1 amide bonds. The number of hydrogen-bond donors (Lipinski definition) is 1. The van der Waals surface area contributed by atoms with E-state index < -0.39 is 0 Å². The number of ether oxygens (including phenoxy) is 1. The molecule has 0 aromatic heterocycles. The summed E-state index contributed by atoms with van der Waals surface area (Å²) in [5.41, 5.74) is 0. The highest BCUT2D eigenvalue weighted by Crippen LogP contribution is 2.28. The van der Waals surface area contributed by atoms with Gasteiger partial charge in [-0.2, -0.15) is 0 Å². The number of rotatable bonds is 5. The number of amides is 1. The minimum atomic E-state index is 0.0139. The first-order valence-corrected chi connectivity index (χ1v) is 5.11. The fourth-order valence-corrected chi connectivity index (χ4v) is 0.834. The SMILES string of the molecule is CC.CC(=O)NCCOCC1CC1. The van der Waals surface area contributed by atoms with Gasteiger partial charge in [0.15, 0.2) is 0 Å². The maximum atomic E-state index is 10.4. The second-order valence-corrected chi connectivity index (χ2v) is 3.00. The highest BCUT2D eigenvalue weighted by molar-refractivity contribution is 5.72. The third-order valence-electron chi connectivity index (χ3n) is 1.67. The minimum absolute atomic E-state index is 0.0139. The fraction of sp³-hybridized carbons (Fsp3) is 0.900. The lowest BCUT2D eigenvalue weighted by atomic mass is 10.5. The van der Waals surface area contributed by atoms with E-state index in [-0.39, 0.29) is 5.91 Å². The van der Waals surface area contributed by atoms with Crippen LogP contribution in [0.1, 0.15) is 33.6 Å².